The van der Waals surface area contributed by atoms with E-state index in [2.05, 4.69) is 13.8 Å². The largest absolute Gasteiger partial charge is 0.474 e. The predicted molar refractivity (Wildman–Crippen MR) is 198 cm³/mol. The number of nitrogens with zero attached hydrogens (tertiary/aromatic N) is 2. The van der Waals surface area contributed by atoms with Crippen molar-refractivity contribution in [1.29, 1.82) is 0 Å². The SMILES string of the molecule is CCCCCCCCCCCCCCCCCOc1nc2cscc2nc1OCCCCCCCCCCCCCCCCC. The Kier molecular flexibility index (Phi) is 26.5. The van der Waals surface area contributed by atoms with Crippen molar-refractivity contribution >= 4 is 22.4 Å². The van der Waals surface area contributed by atoms with Crippen LogP contribution < -0.4 is 9.47 Å². The molecule has 2 aromatic heterocycles. The summed E-state index contributed by atoms with van der Waals surface area (Å²) in [6.45, 7) is 5.97. The first-order valence-corrected chi connectivity index (χ1v) is 20.8. The monoisotopic (exact) mass is 645 g/mol. The lowest BCUT2D eigenvalue weighted by molar-refractivity contribution is 0.243. The van der Waals surface area contributed by atoms with Gasteiger partial charge >= 0.3 is 0 Å². The van der Waals surface area contributed by atoms with Crippen molar-refractivity contribution in [3.63, 3.8) is 0 Å². The molecule has 0 aliphatic heterocycles. The Hall–Kier alpha value is -1.36. The van der Waals surface area contributed by atoms with Crippen molar-refractivity contribution in [2.45, 2.75) is 206 Å². The highest BCUT2D eigenvalue weighted by Crippen LogP contribution is 2.28. The Morgan fingerprint density at radius 3 is 0.889 bits per heavy atom. The molecule has 0 aliphatic carbocycles. The maximum absolute atomic E-state index is 6.11. The molecule has 0 aliphatic rings. The van der Waals surface area contributed by atoms with Gasteiger partial charge in [0, 0.05) is 10.8 Å². The van der Waals surface area contributed by atoms with Gasteiger partial charge in [-0.25, -0.2) is 9.97 Å². The Morgan fingerprint density at radius 1 is 0.378 bits per heavy atom. The maximum Gasteiger partial charge on any atom is 0.278 e. The molecule has 0 aromatic carbocycles. The Labute approximate surface area is 283 Å². The summed E-state index contributed by atoms with van der Waals surface area (Å²) < 4.78 is 12.2. The molecule has 0 spiro atoms. The molecule has 45 heavy (non-hydrogen) atoms. The van der Waals surface area contributed by atoms with Crippen molar-refractivity contribution < 1.29 is 9.47 Å². The van der Waals surface area contributed by atoms with Crippen molar-refractivity contribution in [3.8, 4) is 11.8 Å². The first kappa shape index (κ1) is 39.8. The molecule has 0 saturated carbocycles. The van der Waals surface area contributed by atoms with Crippen molar-refractivity contribution in [2.24, 2.45) is 0 Å². The fraction of sp³-hybridized carbons (Fsp3) is 0.850. The van der Waals surface area contributed by atoms with Crippen molar-refractivity contribution in [1.82, 2.24) is 9.97 Å². The van der Waals surface area contributed by atoms with Gasteiger partial charge in [-0.15, -0.1) is 11.3 Å². The van der Waals surface area contributed by atoms with Gasteiger partial charge in [0.15, 0.2) is 0 Å². The fourth-order valence-electron chi connectivity index (χ4n) is 6.24. The average molecular weight is 645 g/mol. The molecular formula is C40H72N2O2S. The number of aromatic nitrogens is 2. The topological polar surface area (TPSA) is 44.2 Å². The quantitative estimate of drug-likeness (QED) is 0.0711. The molecule has 0 saturated heterocycles. The lowest BCUT2D eigenvalue weighted by atomic mass is 10.0. The van der Waals surface area contributed by atoms with Crippen LogP contribution in [0.1, 0.15) is 206 Å². The smallest absolute Gasteiger partial charge is 0.278 e. The molecule has 0 fully saturated rings. The summed E-state index contributed by atoms with van der Waals surface area (Å²) >= 11 is 1.63. The van der Waals surface area contributed by atoms with Crippen LogP contribution >= 0.6 is 11.3 Å². The predicted octanol–water partition coefficient (Wildman–Crippen LogP) is 14.2. The van der Waals surface area contributed by atoms with Crippen LogP contribution in [0, 0.1) is 0 Å². The van der Waals surface area contributed by atoms with E-state index in [9.17, 15) is 0 Å². The number of hydrogen-bond donors (Lipinski definition) is 0. The number of unbranched alkanes of at least 4 members (excludes halogenated alkanes) is 28. The summed E-state index contributed by atoms with van der Waals surface area (Å²) in [6, 6.07) is 0. The fourth-order valence-corrected chi connectivity index (χ4v) is 6.91. The Morgan fingerprint density at radius 2 is 0.622 bits per heavy atom. The average Bonchev–Trinajstić information content (AvgIpc) is 3.51. The van der Waals surface area contributed by atoms with E-state index in [1.807, 2.05) is 10.8 Å². The third kappa shape index (κ3) is 22.0. The third-order valence-electron chi connectivity index (χ3n) is 9.22. The summed E-state index contributed by atoms with van der Waals surface area (Å²) in [6.07, 6.45) is 41.1. The molecule has 5 heteroatoms. The van der Waals surface area contributed by atoms with E-state index in [0.717, 1.165) is 23.9 Å². The van der Waals surface area contributed by atoms with Crippen LogP contribution in [-0.4, -0.2) is 23.2 Å². The van der Waals surface area contributed by atoms with E-state index in [0.29, 0.717) is 25.0 Å². The van der Waals surface area contributed by atoms with Gasteiger partial charge in [-0.2, -0.15) is 0 Å². The summed E-state index contributed by atoms with van der Waals surface area (Å²) in [5, 5.41) is 4.09. The summed E-state index contributed by atoms with van der Waals surface area (Å²) in [5.41, 5.74) is 1.82. The molecule has 0 atom stereocenters. The van der Waals surface area contributed by atoms with Gasteiger partial charge in [0.05, 0.1) is 13.2 Å². The molecule has 260 valence electrons. The van der Waals surface area contributed by atoms with Gasteiger partial charge in [0.2, 0.25) is 0 Å². The summed E-state index contributed by atoms with van der Waals surface area (Å²) in [5.74, 6) is 1.15. The minimum atomic E-state index is 0.576. The second-order valence-electron chi connectivity index (χ2n) is 13.6. The van der Waals surface area contributed by atoms with Gasteiger partial charge in [-0.1, -0.05) is 194 Å². The van der Waals surface area contributed by atoms with Crippen LogP contribution in [0.3, 0.4) is 0 Å². The highest BCUT2D eigenvalue weighted by molar-refractivity contribution is 7.09. The normalized spacial score (nSPS) is 11.5. The van der Waals surface area contributed by atoms with Gasteiger partial charge in [-0.05, 0) is 12.8 Å². The summed E-state index contributed by atoms with van der Waals surface area (Å²) in [7, 11) is 0. The second-order valence-corrected chi connectivity index (χ2v) is 14.3. The highest BCUT2D eigenvalue weighted by atomic mass is 32.1. The number of thiophene rings is 1. The molecule has 0 amide bonds. The molecule has 2 aromatic rings. The van der Waals surface area contributed by atoms with E-state index in [1.165, 1.54) is 180 Å². The van der Waals surface area contributed by atoms with Crippen molar-refractivity contribution in [2.75, 3.05) is 13.2 Å². The molecule has 2 rings (SSSR count). The van der Waals surface area contributed by atoms with Crippen LogP contribution in [0.25, 0.3) is 11.0 Å². The van der Waals surface area contributed by atoms with Gasteiger partial charge in [-0.3, -0.25) is 0 Å². The third-order valence-corrected chi connectivity index (χ3v) is 9.94. The van der Waals surface area contributed by atoms with Crippen LogP contribution in [0.2, 0.25) is 0 Å². The maximum atomic E-state index is 6.11. The number of ether oxygens (including phenoxy) is 2. The molecule has 0 radical (unpaired) electrons. The minimum absolute atomic E-state index is 0.576. The zero-order chi connectivity index (χ0) is 31.9. The number of hydrogen-bond acceptors (Lipinski definition) is 5. The second kappa shape index (κ2) is 30.0. The van der Waals surface area contributed by atoms with Crippen LogP contribution in [0.5, 0.6) is 11.8 Å². The first-order valence-electron chi connectivity index (χ1n) is 19.8. The van der Waals surface area contributed by atoms with E-state index >= 15 is 0 Å². The highest BCUT2D eigenvalue weighted by Gasteiger charge is 2.12. The van der Waals surface area contributed by atoms with E-state index in [1.54, 1.807) is 11.3 Å². The molecular weight excluding hydrogens is 573 g/mol. The Balaban J connectivity index is 1.45. The number of rotatable bonds is 34. The standard InChI is InChI=1S/C40H72N2O2S/c1-3-5-7-9-11-13-15-17-19-21-23-25-27-29-31-33-43-39-40(42-38-36-45-35-37(38)41-39)44-34-32-30-28-26-24-22-20-18-16-14-12-10-8-6-4-2/h35-36H,3-34H2,1-2H3. The van der Waals surface area contributed by atoms with Gasteiger partial charge in [0.1, 0.15) is 11.0 Å². The minimum Gasteiger partial charge on any atom is -0.474 e. The zero-order valence-corrected chi connectivity index (χ0v) is 30.7. The molecule has 0 N–H and O–H groups in total. The first-order chi connectivity index (χ1) is 22.3. The van der Waals surface area contributed by atoms with Gasteiger partial charge in [0.25, 0.3) is 11.8 Å². The van der Waals surface area contributed by atoms with Crippen LogP contribution in [0.15, 0.2) is 10.8 Å². The lowest BCUT2D eigenvalue weighted by Crippen LogP contribution is -2.06. The Bertz CT molecular complexity index is 832. The van der Waals surface area contributed by atoms with E-state index < -0.39 is 0 Å². The number of fused-ring (bicyclic) bond motifs is 1. The van der Waals surface area contributed by atoms with E-state index in [4.69, 9.17) is 19.4 Å². The van der Waals surface area contributed by atoms with Crippen molar-refractivity contribution in [3.05, 3.63) is 10.8 Å². The molecule has 0 unspecified atom stereocenters. The summed E-state index contributed by atoms with van der Waals surface area (Å²) in [4.78, 5) is 9.47. The molecule has 4 nitrogen and oxygen atoms in total. The van der Waals surface area contributed by atoms with Crippen LogP contribution in [0.4, 0.5) is 0 Å². The lowest BCUT2D eigenvalue weighted by Gasteiger charge is -2.11. The zero-order valence-electron chi connectivity index (χ0n) is 29.9. The van der Waals surface area contributed by atoms with E-state index in [-0.39, 0.29) is 0 Å². The van der Waals surface area contributed by atoms with Crippen LogP contribution in [-0.2, 0) is 0 Å². The molecule has 0 bridgehead atoms. The molecule has 2 heterocycles. The van der Waals surface area contributed by atoms with Gasteiger partial charge < -0.3 is 9.47 Å².